The lowest BCUT2D eigenvalue weighted by atomic mass is 10.0. The molecule has 5 heteroatoms. The van der Waals surface area contributed by atoms with E-state index in [-0.39, 0.29) is 6.42 Å². The van der Waals surface area contributed by atoms with Crippen LogP contribution in [-0.4, -0.2) is 30.3 Å². The van der Waals surface area contributed by atoms with Crippen LogP contribution in [0.5, 0.6) is 0 Å². The Morgan fingerprint density at radius 2 is 1.94 bits per heavy atom. The van der Waals surface area contributed by atoms with Gasteiger partial charge in [0.15, 0.2) is 0 Å². The van der Waals surface area contributed by atoms with Crippen LogP contribution >= 0.6 is 0 Å². The fraction of sp³-hybridized carbons (Fsp3) is 0.462. The number of hydrogen-bond acceptors (Lipinski definition) is 3. The molecule has 0 aliphatic heterocycles. The number of benzene rings is 1. The maximum Gasteiger partial charge on any atom is 0.220 e. The third-order valence-electron chi connectivity index (χ3n) is 2.87. The molecule has 0 saturated heterocycles. The molecule has 1 aromatic rings. The topological polar surface area (TPSA) is 83.6 Å². The first kappa shape index (κ1) is 14.9. The minimum Gasteiger partial charge on any atom is -0.390 e. The van der Waals surface area contributed by atoms with Gasteiger partial charge in [-0.3, -0.25) is 4.79 Å². The molecule has 0 radical (unpaired) electrons. The normalized spacial score (nSPS) is 15.2. The predicted octanol–water partition coefficient (Wildman–Crippen LogP) is 0.501. The van der Waals surface area contributed by atoms with Gasteiger partial charge in [-0.15, -0.1) is 0 Å². The van der Waals surface area contributed by atoms with Gasteiger partial charge in [-0.25, -0.2) is 0 Å². The first-order chi connectivity index (χ1) is 8.21. The molecule has 0 saturated carbocycles. The molecular weight excluding hydrogens is 246 g/mol. The monoisotopic (exact) mass is 267 g/mol. The third-order valence-corrected chi connectivity index (χ3v) is 4.91. The van der Waals surface area contributed by atoms with Crippen LogP contribution < -0.4 is 10.9 Å². The van der Waals surface area contributed by atoms with Crippen LogP contribution in [0.2, 0.25) is 19.6 Å². The van der Waals surface area contributed by atoms with Crippen molar-refractivity contribution < 1.29 is 15.0 Å². The number of rotatable bonds is 5. The Morgan fingerprint density at radius 3 is 2.44 bits per heavy atom. The number of nitrogens with two attached hydrogens (primary N) is 1. The lowest BCUT2D eigenvalue weighted by Crippen LogP contribution is -2.38. The highest BCUT2D eigenvalue weighted by molar-refractivity contribution is 6.88. The molecule has 0 spiro atoms. The Morgan fingerprint density at radius 1 is 1.33 bits per heavy atom. The zero-order valence-electron chi connectivity index (χ0n) is 11.1. The molecule has 18 heavy (non-hydrogen) atoms. The Balaban J connectivity index is 2.93. The summed E-state index contributed by atoms with van der Waals surface area (Å²) in [6, 6.07) is 7.55. The van der Waals surface area contributed by atoms with Gasteiger partial charge in [0.1, 0.15) is 6.10 Å². The summed E-state index contributed by atoms with van der Waals surface area (Å²) in [5, 5.41) is 20.9. The zero-order chi connectivity index (χ0) is 13.9. The molecule has 0 fully saturated rings. The van der Waals surface area contributed by atoms with Crippen molar-refractivity contribution in [2.24, 2.45) is 5.73 Å². The fourth-order valence-electron chi connectivity index (χ4n) is 1.73. The summed E-state index contributed by atoms with van der Waals surface area (Å²) in [6.07, 6.45) is -2.47. The Kier molecular flexibility index (Phi) is 4.67. The van der Waals surface area contributed by atoms with Gasteiger partial charge < -0.3 is 15.9 Å². The van der Waals surface area contributed by atoms with Crippen molar-refractivity contribution in [1.29, 1.82) is 0 Å². The molecule has 4 N–H and O–H groups in total. The molecular formula is C13H21NO3Si. The number of amides is 1. The van der Waals surface area contributed by atoms with E-state index in [0.717, 1.165) is 0 Å². The van der Waals surface area contributed by atoms with E-state index >= 15 is 0 Å². The SMILES string of the molecule is C[Si](C)(C)c1cccc(C(O)C(O)CC(N)=O)c1. The number of primary amides is 1. The highest BCUT2D eigenvalue weighted by atomic mass is 28.3. The molecule has 1 aromatic carbocycles. The second-order valence-corrected chi connectivity index (χ2v) is 10.6. The van der Waals surface area contributed by atoms with Crippen molar-refractivity contribution in [1.82, 2.24) is 0 Å². The van der Waals surface area contributed by atoms with E-state index < -0.39 is 26.2 Å². The summed E-state index contributed by atoms with van der Waals surface area (Å²) < 4.78 is 0. The maximum atomic E-state index is 10.7. The number of hydrogen-bond donors (Lipinski definition) is 3. The van der Waals surface area contributed by atoms with Gasteiger partial charge >= 0.3 is 0 Å². The van der Waals surface area contributed by atoms with Crippen molar-refractivity contribution in [3.8, 4) is 0 Å². The van der Waals surface area contributed by atoms with E-state index in [1.165, 1.54) is 5.19 Å². The molecule has 0 aliphatic rings. The minimum absolute atomic E-state index is 0.238. The van der Waals surface area contributed by atoms with Crippen LogP contribution in [0.25, 0.3) is 0 Å². The molecule has 0 aromatic heterocycles. The predicted molar refractivity (Wildman–Crippen MR) is 74.2 cm³/mol. The van der Waals surface area contributed by atoms with Crippen LogP contribution in [0.1, 0.15) is 18.1 Å². The molecule has 0 heterocycles. The second kappa shape index (κ2) is 5.64. The van der Waals surface area contributed by atoms with Crippen LogP contribution in [0.4, 0.5) is 0 Å². The Bertz CT molecular complexity index is 428. The third kappa shape index (κ3) is 3.94. The number of carbonyl (C=O) groups excluding carboxylic acids is 1. The smallest absolute Gasteiger partial charge is 0.220 e. The molecule has 0 aliphatic carbocycles. The molecule has 1 amide bonds. The highest BCUT2D eigenvalue weighted by Gasteiger charge is 2.22. The van der Waals surface area contributed by atoms with E-state index in [1.54, 1.807) is 6.07 Å². The maximum absolute atomic E-state index is 10.7. The van der Waals surface area contributed by atoms with Gasteiger partial charge in [-0.2, -0.15) is 0 Å². The second-order valence-electron chi connectivity index (χ2n) is 5.56. The summed E-state index contributed by atoms with van der Waals surface area (Å²) in [4.78, 5) is 10.7. The van der Waals surface area contributed by atoms with Crippen LogP contribution in [-0.2, 0) is 4.79 Å². The van der Waals surface area contributed by atoms with E-state index in [0.29, 0.717) is 5.56 Å². The van der Waals surface area contributed by atoms with Gasteiger partial charge in [-0.1, -0.05) is 49.1 Å². The van der Waals surface area contributed by atoms with Crippen molar-refractivity contribution in [3.63, 3.8) is 0 Å². The summed E-state index contributed by atoms with van der Waals surface area (Å²) in [5.41, 5.74) is 5.63. The van der Waals surface area contributed by atoms with Crippen LogP contribution in [0.15, 0.2) is 24.3 Å². The van der Waals surface area contributed by atoms with Gasteiger partial charge in [-0.05, 0) is 5.56 Å². The standard InChI is InChI=1S/C13H21NO3Si/c1-18(2,3)10-6-4-5-9(7-10)13(17)11(15)8-12(14)16/h4-7,11,13,15,17H,8H2,1-3H3,(H2,14,16). The van der Waals surface area contributed by atoms with Crippen molar-refractivity contribution in [3.05, 3.63) is 29.8 Å². The molecule has 1 rings (SSSR count). The first-order valence-corrected chi connectivity index (χ1v) is 9.46. The van der Waals surface area contributed by atoms with Crippen molar-refractivity contribution in [2.45, 2.75) is 38.3 Å². The Hall–Kier alpha value is -1.17. The zero-order valence-corrected chi connectivity index (χ0v) is 12.1. The van der Waals surface area contributed by atoms with Gasteiger partial charge in [0.05, 0.1) is 20.6 Å². The average Bonchev–Trinajstić information content (AvgIpc) is 2.26. The lowest BCUT2D eigenvalue weighted by Gasteiger charge is -2.21. The van der Waals surface area contributed by atoms with Gasteiger partial charge in [0.25, 0.3) is 0 Å². The largest absolute Gasteiger partial charge is 0.390 e. The van der Waals surface area contributed by atoms with Crippen LogP contribution in [0, 0.1) is 0 Å². The van der Waals surface area contributed by atoms with E-state index in [1.807, 2.05) is 18.2 Å². The van der Waals surface area contributed by atoms with E-state index in [9.17, 15) is 15.0 Å². The highest BCUT2D eigenvalue weighted by Crippen LogP contribution is 2.18. The van der Waals surface area contributed by atoms with Crippen LogP contribution in [0.3, 0.4) is 0 Å². The molecule has 100 valence electrons. The fourth-order valence-corrected chi connectivity index (χ4v) is 2.92. The summed E-state index contributed by atoms with van der Waals surface area (Å²) in [6.45, 7) is 6.62. The lowest BCUT2D eigenvalue weighted by molar-refractivity contribution is -0.121. The quantitative estimate of drug-likeness (QED) is 0.679. The molecule has 0 bridgehead atoms. The number of carbonyl (C=O) groups is 1. The first-order valence-electron chi connectivity index (χ1n) is 5.96. The number of aliphatic hydroxyl groups excluding tert-OH is 2. The molecule has 2 unspecified atom stereocenters. The van der Waals surface area contributed by atoms with Gasteiger partial charge in [0, 0.05) is 0 Å². The average molecular weight is 267 g/mol. The summed E-state index contributed by atoms with van der Waals surface area (Å²) >= 11 is 0. The minimum atomic E-state index is -1.46. The van der Waals surface area contributed by atoms with E-state index in [2.05, 4.69) is 19.6 Å². The van der Waals surface area contributed by atoms with Crippen molar-refractivity contribution in [2.75, 3.05) is 0 Å². The molecule has 2 atom stereocenters. The van der Waals surface area contributed by atoms with Crippen molar-refractivity contribution >= 4 is 19.2 Å². The van der Waals surface area contributed by atoms with E-state index in [4.69, 9.17) is 5.73 Å². The number of aliphatic hydroxyl groups is 2. The summed E-state index contributed by atoms with van der Waals surface area (Å²) in [5.74, 6) is -0.622. The Labute approximate surface area is 108 Å². The summed E-state index contributed by atoms with van der Waals surface area (Å²) in [7, 11) is -1.46. The van der Waals surface area contributed by atoms with Gasteiger partial charge in [0.2, 0.25) is 5.91 Å². The molecule has 4 nitrogen and oxygen atoms in total.